The van der Waals surface area contributed by atoms with Crippen LogP contribution in [0.1, 0.15) is 0 Å². The summed E-state index contributed by atoms with van der Waals surface area (Å²) < 4.78 is 13.5. The van der Waals surface area contributed by atoms with Crippen LogP contribution in [0.15, 0.2) is 420 Å². The van der Waals surface area contributed by atoms with Crippen molar-refractivity contribution in [3.63, 3.8) is 0 Å². The van der Waals surface area contributed by atoms with E-state index in [4.69, 9.17) is 24.9 Å². The molecule has 0 saturated heterocycles. The van der Waals surface area contributed by atoms with Gasteiger partial charge in [-0.25, -0.2) is 29.9 Å². The zero-order valence-corrected chi connectivity index (χ0v) is 64.5. The molecule has 0 spiro atoms. The van der Waals surface area contributed by atoms with Crippen molar-refractivity contribution in [3.05, 3.63) is 420 Å². The summed E-state index contributed by atoms with van der Waals surface area (Å²) in [5, 5.41) is 6.88. The van der Waals surface area contributed by atoms with Crippen molar-refractivity contribution in [1.29, 1.82) is 0 Å². The van der Waals surface area contributed by atoms with Crippen LogP contribution in [0.4, 0.5) is 0 Å². The Balaban J connectivity index is 0.000000108. The van der Waals surface area contributed by atoms with E-state index in [9.17, 15) is 0 Å². The topological polar surface area (TPSA) is 146 Å². The molecule has 15 nitrogen and oxygen atoms in total. The Kier molecular flexibility index (Phi) is 17.5. The van der Waals surface area contributed by atoms with Gasteiger partial charge >= 0.3 is 0 Å². The lowest BCUT2D eigenvalue weighted by Gasteiger charge is -2.14. The minimum atomic E-state index is 0.828. The van der Waals surface area contributed by atoms with Crippen LogP contribution in [0.3, 0.4) is 0 Å². The Bertz CT molecular complexity index is 7910. The number of hydrogen-bond acceptors (Lipinski definition) is 9. The zero-order chi connectivity index (χ0) is 79.4. The second-order valence-electron chi connectivity index (χ2n) is 29.3. The smallest absolute Gasteiger partial charge is 0.147 e. The number of aromatic nitrogens is 15. The molecule has 24 rings (SSSR count). The van der Waals surface area contributed by atoms with Gasteiger partial charge in [0.05, 0.1) is 71.9 Å². The molecule has 0 aliphatic heterocycles. The van der Waals surface area contributed by atoms with Crippen molar-refractivity contribution >= 4 is 98.5 Å². The predicted octanol–water partition coefficient (Wildman–Crippen LogP) is 24.7. The van der Waals surface area contributed by atoms with Gasteiger partial charge in [0.1, 0.15) is 34.9 Å². The normalized spacial score (nSPS) is 11.5. The minimum absolute atomic E-state index is 0.828. The van der Waals surface area contributed by atoms with Crippen molar-refractivity contribution in [2.45, 2.75) is 0 Å². The van der Waals surface area contributed by atoms with Crippen molar-refractivity contribution in [1.82, 2.24) is 72.3 Å². The van der Waals surface area contributed by atoms with E-state index in [1.165, 1.54) is 44.2 Å². The molecule has 0 aliphatic carbocycles. The molecule has 0 unspecified atom stereocenters. The average molecular weight is 1540 g/mol. The highest BCUT2D eigenvalue weighted by Crippen LogP contribution is 2.45. The van der Waals surface area contributed by atoms with E-state index in [1.54, 1.807) is 37.2 Å². The molecule has 0 N–H and O–H groups in total. The minimum Gasteiger partial charge on any atom is -0.309 e. The number of nitrogens with zero attached hydrogens (tertiary/aromatic N) is 15. The van der Waals surface area contributed by atoms with Crippen LogP contribution in [-0.2, 0) is 0 Å². The quantitative estimate of drug-likeness (QED) is 0.117. The third-order valence-corrected chi connectivity index (χ3v) is 22.5. The van der Waals surface area contributed by atoms with Gasteiger partial charge in [-0.1, -0.05) is 206 Å². The number of para-hydroxylation sites is 4. The number of pyridine rings is 6. The van der Waals surface area contributed by atoms with Crippen LogP contribution in [0.25, 0.3) is 201 Å². The van der Waals surface area contributed by atoms with Gasteiger partial charge in [0.2, 0.25) is 0 Å². The molecule has 12 heterocycles. The molecule has 12 aromatic heterocycles. The first-order valence-electron chi connectivity index (χ1n) is 39.9. The molecule has 24 aromatic rings. The van der Waals surface area contributed by atoms with Gasteiger partial charge < -0.3 is 13.7 Å². The van der Waals surface area contributed by atoms with Crippen LogP contribution in [0, 0.1) is 0 Å². The first kappa shape index (κ1) is 70.0. The fourth-order valence-electron chi connectivity index (χ4n) is 17.3. The van der Waals surface area contributed by atoms with Crippen molar-refractivity contribution in [2.24, 2.45) is 0 Å². The third-order valence-electron chi connectivity index (χ3n) is 22.5. The van der Waals surface area contributed by atoms with Gasteiger partial charge in [-0.05, 0) is 186 Å². The molecule has 0 atom stereocenters. The van der Waals surface area contributed by atoms with Gasteiger partial charge in [-0.15, -0.1) is 0 Å². The molecule has 564 valence electrons. The molecule has 0 amide bonds. The second-order valence-corrected chi connectivity index (χ2v) is 29.3. The van der Waals surface area contributed by atoms with Gasteiger partial charge in [0, 0.05) is 122 Å². The fourth-order valence-corrected chi connectivity index (χ4v) is 17.3. The lowest BCUT2D eigenvalue weighted by molar-refractivity contribution is 1.03. The van der Waals surface area contributed by atoms with Crippen LogP contribution in [-0.4, -0.2) is 72.3 Å². The van der Waals surface area contributed by atoms with E-state index < -0.39 is 0 Å². The highest BCUT2D eigenvalue weighted by atomic mass is 15.2. The van der Waals surface area contributed by atoms with Crippen LogP contribution in [0.5, 0.6) is 0 Å². The van der Waals surface area contributed by atoms with Gasteiger partial charge in [-0.3, -0.25) is 28.7 Å². The summed E-state index contributed by atoms with van der Waals surface area (Å²) in [6.45, 7) is 0. The molecule has 0 fully saturated rings. The molecule has 0 aliphatic rings. The van der Waals surface area contributed by atoms with E-state index in [0.29, 0.717) is 0 Å². The van der Waals surface area contributed by atoms with Crippen LogP contribution < -0.4 is 0 Å². The van der Waals surface area contributed by atoms with Crippen molar-refractivity contribution < 1.29 is 0 Å². The molecular formula is C105H69N15. The third kappa shape index (κ3) is 12.1. The Hall–Kier alpha value is -16.7. The Morgan fingerprint density at radius 2 is 0.517 bits per heavy atom. The van der Waals surface area contributed by atoms with E-state index >= 15 is 0 Å². The summed E-state index contributed by atoms with van der Waals surface area (Å²) in [7, 11) is 0. The summed E-state index contributed by atoms with van der Waals surface area (Å²) >= 11 is 0. The Morgan fingerprint density at radius 1 is 0.183 bits per heavy atom. The number of fused-ring (bicyclic) bond motifs is 15. The van der Waals surface area contributed by atoms with Gasteiger partial charge in [-0.2, -0.15) is 0 Å². The second kappa shape index (κ2) is 30.0. The maximum absolute atomic E-state index is 5.31. The number of rotatable bonds is 12. The average Bonchev–Trinajstić information content (AvgIpc) is 1.57. The molecule has 15 heteroatoms. The van der Waals surface area contributed by atoms with E-state index in [0.717, 1.165) is 156 Å². The Labute approximate surface area is 688 Å². The van der Waals surface area contributed by atoms with Gasteiger partial charge in [0.25, 0.3) is 0 Å². The molecular weight excluding hydrogens is 1470 g/mol. The summed E-state index contributed by atoms with van der Waals surface area (Å²) in [5.74, 6) is 5.01. The summed E-state index contributed by atoms with van der Waals surface area (Å²) in [5.41, 5.74) is 26.2. The lowest BCUT2D eigenvalue weighted by Crippen LogP contribution is -2.00. The first-order chi connectivity index (χ1) is 59.6. The molecule has 0 bridgehead atoms. The maximum Gasteiger partial charge on any atom is 0.147 e. The highest BCUT2D eigenvalue weighted by Gasteiger charge is 2.27. The molecule has 120 heavy (non-hydrogen) atoms. The van der Waals surface area contributed by atoms with Crippen molar-refractivity contribution in [2.75, 3.05) is 0 Å². The van der Waals surface area contributed by atoms with Crippen molar-refractivity contribution in [3.8, 4) is 102 Å². The summed E-state index contributed by atoms with van der Waals surface area (Å²) in [6.07, 6.45) is 16.3. The van der Waals surface area contributed by atoms with Crippen LogP contribution >= 0.6 is 0 Å². The van der Waals surface area contributed by atoms with E-state index in [-0.39, 0.29) is 0 Å². The number of benzene rings is 12. The fraction of sp³-hybridized carbons (Fsp3) is 0. The van der Waals surface area contributed by atoms with E-state index in [1.807, 2.05) is 116 Å². The van der Waals surface area contributed by atoms with Crippen LogP contribution in [0.2, 0.25) is 0 Å². The molecule has 0 radical (unpaired) electrons. The highest BCUT2D eigenvalue weighted by molar-refractivity contribution is 6.23. The van der Waals surface area contributed by atoms with Gasteiger partial charge in [0.15, 0.2) is 0 Å². The number of imidazole rings is 3. The predicted molar refractivity (Wildman–Crippen MR) is 486 cm³/mol. The lowest BCUT2D eigenvalue weighted by atomic mass is 10.0. The number of hydrogen-bond donors (Lipinski definition) is 0. The first-order valence-corrected chi connectivity index (χ1v) is 39.9. The molecule has 0 saturated carbocycles. The summed E-state index contributed by atoms with van der Waals surface area (Å²) in [6, 6.07) is 127. The maximum atomic E-state index is 5.31. The standard InChI is InChI=1S/3C35H23N5/c1-2-10-24(11-3-1)26-12-4-6-14-28(26)39-29-15-7-5-13-27(29)33-30(39)17-18-31-34(33)38-35(25-19-22-36-23-20-25)40(31)32-16-8-9-21-37-32;1-2-9-24(10-3-1)26-11-8-12-27(23-26)39-29-14-5-4-13-28(29)33-30(39)16-17-31-34(33)38-35(25-18-21-36-22-19-25)40(31)32-15-6-7-20-37-32;1-2-8-24(9-3-1)25-13-15-27(16-14-25)39-29-11-5-4-10-28(29)33-30(39)17-18-31-34(33)38-35(26-19-22-36-23-20-26)40(31)32-12-6-7-21-37-32/h3*1-23H. The zero-order valence-electron chi connectivity index (χ0n) is 64.5. The SMILES string of the molecule is c1ccc(-c2ccc(-n3c4ccccc4c4c5nc(-c6ccncc6)n(-c6ccccn6)c5ccc43)cc2)cc1.c1ccc(-c2cccc(-n3c4ccccc4c4c5nc(-c6ccncc6)n(-c6ccccn6)c5ccc43)c2)cc1.c1ccc(-c2ccccc2-n2c3ccccc3c3c4nc(-c5ccncc5)n(-c5ccccn5)c4ccc32)cc1. The monoisotopic (exact) mass is 1540 g/mol. The molecule has 12 aromatic carbocycles. The van der Waals surface area contributed by atoms with E-state index in [2.05, 4.69) is 314 Å². The largest absolute Gasteiger partial charge is 0.309 e. The Morgan fingerprint density at radius 3 is 0.942 bits per heavy atom. The summed E-state index contributed by atoms with van der Waals surface area (Å²) in [4.78, 5) is 42.6.